The number of amides is 1. The molecule has 0 radical (unpaired) electrons. The van der Waals surface area contributed by atoms with E-state index in [1.807, 2.05) is 0 Å². The molecular formula is C12H16FN3O4. The lowest BCUT2D eigenvalue weighted by Crippen LogP contribution is -2.35. The second kappa shape index (κ2) is 7.51. The van der Waals surface area contributed by atoms with Crippen LogP contribution < -0.4 is 11.1 Å². The van der Waals surface area contributed by atoms with Gasteiger partial charge in [0.2, 0.25) is 5.91 Å². The van der Waals surface area contributed by atoms with Crippen LogP contribution in [0.3, 0.4) is 0 Å². The lowest BCUT2D eigenvalue weighted by Gasteiger charge is -2.12. The largest absolute Gasteiger partial charge is 0.385 e. The summed E-state index contributed by atoms with van der Waals surface area (Å²) in [5.41, 5.74) is 5.05. The van der Waals surface area contributed by atoms with Crippen LogP contribution in [0, 0.1) is 15.9 Å². The number of ether oxygens (including phenoxy) is 1. The molecule has 110 valence electrons. The molecule has 3 N–H and O–H groups in total. The number of hydrogen-bond donors (Lipinski definition) is 2. The molecule has 0 saturated heterocycles. The number of carbonyl (C=O) groups is 1. The molecule has 1 amide bonds. The first-order valence-electron chi connectivity index (χ1n) is 5.95. The summed E-state index contributed by atoms with van der Waals surface area (Å²) < 4.78 is 17.9. The maximum absolute atomic E-state index is 13.1. The van der Waals surface area contributed by atoms with Crippen LogP contribution in [0.25, 0.3) is 0 Å². The Morgan fingerprint density at radius 1 is 1.60 bits per heavy atom. The molecule has 1 atom stereocenters. The summed E-state index contributed by atoms with van der Waals surface area (Å²) in [4.78, 5) is 21.8. The van der Waals surface area contributed by atoms with E-state index in [0.717, 1.165) is 18.2 Å². The number of nitro benzene ring substituents is 1. The van der Waals surface area contributed by atoms with E-state index in [9.17, 15) is 19.3 Å². The summed E-state index contributed by atoms with van der Waals surface area (Å²) >= 11 is 0. The van der Waals surface area contributed by atoms with E-state index in [0.29, 0.717) is 19.4 Å². The van der Waals surface area contributed by atoms with Crippen molar-refractivity contribution in [2.75, 3.05) is 19.0 Å². The van der Waals surface area contributed by atoms with Gasteiger partial charge >= 0.3 is 0 Å². The monoisotopic (exact) mass is 285 g/mol. The van der Waals surface area contributed by atoms with Gasteiger partial charge in [-0.25, -0.2) is 4.39 Å². The number of rotatable bonds is 7. The fraction of sp³-hybridized carbons (Fsp3) is 0.417. The van der Waals surface area contributed by atoms with Crippen molar-refractivity contribution < 1.29 is 18.8 Å². The fourth-order valence-corrected chi connectivity index (χ4v) is 1.57. The Hall–Kier alpha value is -2.06. The van der Waals surface area contributed by atoms with Gasteiger partial charge in [-0.2, -0.15) is 0 Å². The number of hydrogen-bond acceptors (Lipinski definition) is 5. The van der Waals surface area contributed by atoms with Crippen LogP contribution in [0.15, 0.2) is 18.2 Å². The number of benzene rings is 1. The number of nitrogens with zero attached hydrogens (tertiary/aromatic N) is 1. The zero-order chi connectivity index (χ0) is 15.1. The molecule has 1 aromatic rings. The molecule has 0 aromatic heterocycles. The summed E-state index contributed by atoms with van der Waals surface area (Å²) in [6, 6.07) is 1.99. The van der Waals surface area contributed by atoms with Crippen molar-refractivity contribution >= 4 is 17.3 Å². The average Bonchev–Trinajstić information content (AvgIpc) is 2.38. The number of nitro groups is 1. The lowest BCUT2D eigenvalue weighted by atomic mass is 10.1. The molecule has 1 rings (SSSR count). The Bertz CT molecular complexity index is 496. The number of nitrogens with one attached hydrogen (secondary N) is 1. The number of halogens is 1. The van der Waals surface area contributed by atoms with Gasteiger partial charge in [0.25, 0.3) is 5.69 Å². The Morgan fingerprint density at radius 2 is 2.30 bits per heavy atom. The van der Waals surface area contributed by atoms with Crippen molar-refractivity contribution in [2.45, 2.75) is 18.9 Å². The van der Waals surface area contributed by atoms with Crippen LogP contribution in [0.5, 0.6) is 0 Å². The van der Waals surface area contributed by atoms with Gasteiger partial charge in [-0.15, -0.1) is 0 Å². The molecule has 7 nitrogen and oxygen atoms in total. The zero-order valence-corrected chi connectivity index (χ0v) is 11.0. The standard InChI is InChI=1S/C12H16FN3O4/c1-20-6-2-3-9(14)12(17)15-10-7-8(13)4-5-11(10)16(18)19/h4-5,7,9H,2-3,6,14H2,1H3,(H,15,17). The maximum atomic E-state index is 13.1. The van der Waals surface area contributed by atoms with Gasteiger partial charge in [0, 0.05) is 25.8 Å². The third-order valence-corrected chi connectivity index (χ3v) is 2.61. The maximum Gasteiger partial charge on any atom is 0.292 e. The topological polar surface area (TPSA) is 107 Å². The van der Waals surface area contributed by atoms with Gasteiger partial charge in [-0.05, 0) is 18.9 Å². The lowest BCUT2D eigenvalue weighted by molar-refractivity contribution is -0.384. The minimum atomic E-state index is -0.840. The first-order chi connectivity index (χ1) is 9.45. The minimum Gasteiger partial charge on any atom is -0.385 e. The highest BCUT2D eigenvalue weighted by Gasteiger charge is 2.19. The Balaban J connectivity index is 2.74. The van der Waals surface area contributed by atoms with Crippen LogP contribution in [-0.4, -0.2) is 30.6 Å². The average molecular weight is 285 g/mol. The molecular weight excluding hydrogens is 269 g/mol. The zero-order valence-electron chi connectivity index (χ0n) is 11.0. The van der Waals surface area contributed by atoms with Gasteiger partial charge in [0.1, 0.15) is 11.5 Å². The van der Waals surface area contributed by atoms with Gasteiger partial charge in [-0.1, -0.05) is 0 Å². The van der Waals surface area contributed by atoms with E-state index in [-0.39, 0.29) is 11.4 Å². The number of methoxy groups -OCH3 is 1. The highest BCUT2D eigenvalue weighted by molar-refractivity contribution is 5.96. The number of nitrogens with two attached hydrogens (primary N) is 1. The molecule has 1 aromatic carbocycles. The molecule has 0 heterocycles. The van der Waals surface area contributed by atoms with Gasteiger partial charge in [-0.3, -0.25) is 14.9 Å². The predicted molar refractivity (Wildman–Crippen MR) is 70.8 cm³/mol. The molecule has 0 spiro atoms. The number of carbonyl (C=O) groups excluding carboxylic acids is 1. The summed E-state index contributed by atoms with van der Waals surface area (Å²) in [6.45, 7) is 0.459. The van der Waals surface area contributed by atoms with Crippen molar-refractivity contribution in [1.29, 1.82) is 0 Å². The van der Waals surface area contributed by atoms with Gasteiger partial charge in [0.05, 0.1) is 11.0 Å². The van der Waals surface area contributed by atoms with Crippen LogP contribution in [-0.2, 0) is 9.53 Å². The SMILES string of the molecule is COCCCC(N)C(=O)Nc1cc(F)ccc1[N+](=O)[O-]. The predicted octanol–water partition coefficient (Wildman–Crippen LogP) is 1.43. The highest BCUT2D eigenvalue weighted by atomic mass is 19.1. The smallest absolute Gasteiger partial charge is 0.292 e. The van der Waals surface area contributed by atoms with Crippen molar-refractivity contribution in [3.63, 3.8) is 0 Å². The quantitative estimate of drug-likeness (QED) is 0.447. The van der Waals surface area contributed by atoms with E-state index < -0.39 is 22.7 Å². The van der Waals surface area contributed by atoms with E-state index in [2.05, 4.69) is 5.32 Å². The van der Waals surface area contributed by atoms with E-state index in [4.69, 9.17) is 10.5 Å². The van der Waals surface area contributed by atoms with Gasteiger partial charge in [0.15, 0.2) is 0 Å². The van der Waals surface area contributed by atoms with Crippen molar-refractivity contribution in [3.05, 3.63) is 34.1 Å². The van der Waals surface area contributed by atoms with E-state index in [1.54, 1.807) is 0 Å². The molecule has 0 aliphatic carbocycles. The Morgan fingerprint density at radius 3 is 2.90 bits per heavy atom. The van der Waals surface area contributed by atoms with Crippen LogP contribution in [0.2, 0.25) is 0 Å². The fourth-order valence-electron chi connectivity index (χ4n) is 1.57. The first-order valence-corrected chi connectivity index (χ1v) is 5.95. The molecule has 1 unspecified atom stereocenters. The van der Waals surface area contributed by atoms with Crippen molar-refractivity contribution in [2.24, 2.45) is 5.73 Å². The summed E-state index contributed by atoms with van der Waals surface area (Å²) in [6.07, 6.45) is 0.944. The molecule has 0 saturated carbocycles. The molecule has 8 heteroatoms. The summed E-state index contributed by atoms with van der Waals surface area (Å²) in [5, 5.41) is 13.1. The van der Waals surface area contributed by atoms with Crippen LogP contribution >= 0.6 is 0 Å². The van der Waals surface area contributed by atoms with Crippen molar-refractivity contribution in [1.82, 2.24) is 0 Å². The van der Waals surface area contributed by atoms with Crippen LogP contribution in [0.1, 0.15) is 12.8 Å². The Kier molecular flexibility index (Phi) is 6.01. The van der Waals surface area contributed by atoms with E-state index >= 15 is 0 Å². The molecule has 0 aliphatic heterocycles. The second-order valence-electron chi connectivity index (χ2n) is 4.15. The molecule has 0 fully saturated rings. The van der Waals surface area contributed by atoms with Crippen LogP contribution in [0.4, 0.5) is 15.8 Å². The van der Waals surface area contributed by atoms with E-state index in [1.165, 1.54) is 7.11 Å². The van der Waals surface area contributed by atoms with Crippen molar-refractivity contribution in [3.8, 4) is 0 Å². The minimum absolute atomic E-state index is 0.206. The molecule has 20 heavy (non-hydrogen) atoms. The third kappa shape index (κ3) is 4.56. The first kappa shape index (κ1) is 16.0. The van der Waals surface area contributed by atoms with Gasteiger partial charge < -0.3 is 15.8 Å². The summed E-state index contributed by atoms with van der Waals surface area (Å²) in [7, 11) is 1.53. The molecule has 0 aliphatic rings. The third-order valence-electron chi connectivity index (χ3n) is 2.61. The number of anilines is 1. The summed E-state index contributed by atoms with van der Waals surface area (Å²) in [5.74, 6) is -1.28. The molecule has 0 bridgehead atoms. The normalized spacial score (nSPS) is 11.9. The Labute approximate surface area is 115 Å². The highest BCUT2D eigenvalue weighted by Crippen LogP contribution is 2.25. The second-order valence-corrected chi connectivity index (χ2v) is 4.15.